The molecule has 31 heavy (non-hydrogen) atoms. The van der Waals surface area contributed by atoms with Crippen molar-refractivity contribution >= 4 is 29.3 Å². The molecule has 158 valence electrons. The molecule has 0 radical (unpaired) electrons. The molecule has 1 N–H and O–H groups in total. The monoisotopic (exact) mass is 433 g/mol. The molecular formula is C24H23N3O3S. The molecule has 0 aromatic heterocycles. The molecule has 6 nitrogen and oxygen atoms in total. The number of amides is 2. The number of benzene rings is 2. The summed E-state index contributed by atoms with van der Waals surface area (Å²) in [6, 6.07) is 18.7. The predicted octanol–water partition coefficient (Wildman–Crippen LogP) is 3.81. The van der Waals surface area contributed by atoms with E-state index in [1.54, 1.807) is 24.3 Å². The van der Waals surface area contributed by atoms with Crippen molar-refractivity contribution in [3.63, 3.8) is 0 Å². The van der Waals surface area contributed by atoms with Gasteiger partial charge in [0.15, 0.2) is 0 Å². The van der Waals surface area contributed by atoms with Gasteiger partial charge in [0.05, 0.1) is 11.9 Å². The third-order valence-corrected chi connectivity index (χ3v) is 5.85. The summed E-state index contributed by atoms with van der Waals surface area (Å²) in [5, 5.41) is 12.2. The maximum Gasteiger partial charge on any atom is 0.264 e. The Bertz CT molecular complexity index is 1030. The average Bonchev–Trinajstić information content (AvgIpc) is 3.10. The largest absolute Gasteiger partial charge is 0.494 e. The van der Waals surface area contributed by atoms with Crippen molar-refractivity contribution in [3.8, 4) is 11.8 Å². The Balaban J connectivity index is 2.00. The molecule has 0 aliphatic carbocycles. The van der Waals surface area contributed by atoms with Gasteiger partial charge < -0.3 is 10.1 Å². The number of carbonyl (C=O) groups excluding carboxylic acids is 2. The first-order valence-electron chi connectivity index (χ1n) is 9.89. The van der Waals surface area contributed by atoms with Crippen LogP contribution >= 0.6 is 11.8 Å². The number of nitrogens with one attached hydrogen (secondary N) is 1. The van der Waals surface area contributed by atoms with Crippen molar-refractivity contribution in [1.29, 1.82) is 5.26 Å². The number of ether oxygens (including phenoxy) is 1. The lowest BCUT2D eigenvalue weighted by molar-refractivity contribution is -0.117. The van der Waals surface area contributed by atoms with Crippen LogP contribution in [0.4, 0.5) is 5.69 Å². The molecule has 1 aliphatic rings. The fourth-order valence-electron chi connectivity index (χ4n) is 3.16. The second kappa shape index (κ2) is 10.5. The number of anilines is 1. The Morgan fingerprint density at radius 3 is 2.58 bits per heavy atom. The molecule has 1 fully saturated rings. The van der Waals surface area contributed by atoms with E-state index in [2.05, 4.69) is 11.9 Å². The van der Waals surface area contributed by atoms with Crippen LogP contribution in [0.1, 0.15) is 12.5 Å². The van der Waals surface area contributed by atoms with E-state index < -0.39 is 11.2 Å². The predicted molar refractivity (Wildman–Crippen MR) is 122 cm³/mol. The lowest BCUT2D eigenvalue weighted by Gasteiger charge is -2.19. The second-order valence-corrected chi connectivity index (χ2v) is 7.88. The van der Waals surface area contributed by atoms with Crippen molar-refractivity contribution in [2.75, 3.05) is 18.1 Å². The minimum absolute atomic E-state index is 0.0929. The van der Waals surface area contributed by atoms with Gasteiger partial charge in [-0.15, -0.1) is 6.58 Å². The summed E-state index contributed by atoms with van der Waals surface area (Å²) in [6.45, 7) is 6.23. The number of nitriles is 1. The van der Waals surface area contributed by atoms with Crippen molar-refractivity contribution in [2.24, 2.45) is 0 Å². The maximum atomic E-state index is 13.4. The Morgan fingerprint density at radius 1 is 1.26 bits per heavy atom. The van der Waals surface area contributed by atoms with Crippen LogP contribution in [0.5, 0.6) is 5.75 Å². The summed E-state index contributed by atoms with van der Waals surface area (Å²) < 4.78 is 5.48. The number of hydrogen-bond acceptors (Lipinski definition) is 5. The van der Waals surface area contributed by atoms with Gasteiger partial charge in [0.1, 0.15) is 22.4 Å². The minimum atomic E-state index is -0.533. The highest BCUT2D eigenvalue weighted by Gasteiger charge is 2.40. The maximum absolute atomic E-state index is 13.4. The average molecular weight is 434 g/mol. The normalized spacial score (nSPS) is 17.1. The molecule has 2 amide bonds. The highest BCUT2D eigenvalue weighted by Crippen LogP contribution is 2.42. The van der Waals surface area contributed by atoms with Crippen LogP contribution in [0.15, 0.2) is 77.9 Å². The first-order chi connectivity index (χ1) is 15.1. The fraction of sp³-hybridized carbons (Fsp3) is 0.208. The topological polar surface area (TPSA) is 82.4 Å². The van der Waals surface area contributed by atoms with Crippen LogP contribution in [0.2, 0.25) is 0 Å². The summed E-state index contributed by atoms with van der Waals surface area (Å²) in [6.07, 6.45) is 2.03. The van der Waals surface area contributed by atoms with Gasteiger partial charge in [-0.2, -0.15) is 5.26 Å². The van der Waals surface area contributed by atoms with E-state index in [-0.39, 0.29) is 18.0 Å². The standard InChI is InChI=1S/C24H23N3O3S/c1-3-14-26-22(28)20(16-25)24-27(18-10-12-19(13-11-18)30-4-2)23(29)21(31-24)15-17-8-6-5-7-9-17/h3,5-13,21H,1,4,14-15H2,2H3,(H,26,28)/b24-20-. The zero-order valence-electron chi connectivity index (χ0n) is 17.2. The number of hydrogen-bond donors (Lipinski definition) is 1. The van der Waals surface area contributed by atoms with E-state index >= 15 is 0 Å². The molecule has 7 heteroatoms. The molecule has 2 aromatic carbocycles. The molecule has 1 unspecified atom stereocenters. The highest BCUT2D eigenvalue weighted by molar-refractivity contribution is 8.05. The lowest BCUT2D eigenvalue weighted by Crippen LogP contribution is -2.32. The van der Waals surface area contributed by atoms with E-state index in [1.165, 1.54) is 22.7 Å². The zero-order chi connectivity index (χ0) is 22.2. The van der Waals surface area contributed by atoms with Crippen LogP contribution < -0.4 is 15.0 Å². The van der Waals surface area contributed by atoms with E-state index in [1.807, 2.05) is 43.3 Å². The fourth-order valence-corrected chi connectivity index (χ4v) is 4.47. The van der Waals surface area contributed by atoms with Crippen LogP contribution in [0.25, 0.3) is 0 Å². The number of nitrogens with zero attached hydrogens (tertiary/aromatic N) is 2. The van der Waals surface area contributed by atoms with Crippen molar-refractivity contribution < 1.29 is 14.3 Å². The Hall–Kier alpha value is -3.50. The van der Waals surface area contributed by atoms with Gasteiger partial charge in [0.2, 0.25) is 5.91 Å². The molecule has 3 rings (SSSR count). The van der Waals surface area contributed by atoms with Crippen molar-refractivity contribution in [1.82, 2.24) is 5.32 Å². The van der Waals surface area contributed by atoms with E-state index in [9.17, 15) is 14.9 Å². The Labute approximate surface area is 186 Å². The van der Waals surface area contributed by atoms with Gasteiger partial charge in [-0.1, -0.05) is 48.2 Å². The molecule has 0 spiro atoms. The van der Waals surface area contributed by atoms with Crippen LogP contribution in [-0.2, 0) is 16.0 Å². The molecule has 1 atom stereocenters. The van der Waals surface area contributed by atoms with Gasteiger partial charge in [0.25, 0.3) is 5.91 Å². The number of carbonyl (C=O) groups is 2. The molecular weight excluding hydrogens is 410 g/mol. The van der Waals surface area contributed by atoms with Crippen LogP contribution in [-0.4, -0.2) is 30.2 Å². The van der Waals surface area contributed by atoms with E-state index in [0.29, 0.717) is 29.5 Å². The Kier molecular flexibility index (Phi) is 7.52. The highest BCUT2D eigenvalue weighted by atomic mass is 32.2. The second-order valence-electron chi connectivity index (χ2n) is 6.69. The third-order valence-electron chi connectivity index (χ3n) is 4.58. The van der Waals surface area contributed by atoms with Gasteiger partial charge in [-0.05, 0) is 43.2 Å². The van der Waals surface area contributed by atoms with Crippen molar-refractivity contribution in [3.05, 3.63) is 83.4 Å². The summed E-state index contributed by atoms with van der Waals surface area (Å²) in [7, 11) is 0. The third kappa shape index (κ3) is 5.16. The minimum Gasteiger partial charge on any atom is -0.494 e. The molecule has 1 heterocycles. The first-order valence-corrected chi connectivity index (χ1v) is 10.8. The summed E-state index contributed by atoms with van der Waals surface area (Å²) in [4.78, 5) is 27.4. The van der Waals surface area contributed by atoms with E-state index in [0.717, 1.165) is 5.56 Å². The summed E-state index contributed by atoms with van der Waals surface area (Å²) >= 11 is 1.24. The SMILES string of the molecule is C=CCNC(=O)/C(C#N)=C1\SC(Cc2ccccc2)C(=O)N1c1ccc(OCC)cc1. The molecule has 1 aliphatic heterocycles. The van der Waals surface area contributed by atoms with Gasteiger partial charge in [-0.3, -0.25) is 14.5 Å². The molecule has 0 saturated carbocycles. The lowest BCUT2D eigenvalue weighted by atomic mass is 10.1. The van der Waals surface area contributed by atoms with Crippen LogP contribution in [0, 0.1) is 11.3 Å². The van der Waals surface area contributed by atoms with Crippen molar-refractivity contribution in [2.45, 2.75) is 18.6 Å². The van der Waals surface area contributed by atoms with Gasteiger partial charge >= 0.3 is 0 Å². The first kappa shape index (κ1) is 22.2. The quantitative estimate of drug-likeness (QED) is 0.389. The summed E-state index contributed by atoms with van der Waals surface area (Å²) in [5.74, 6) is -0.0209. The van der Waals surface area contributed by atoms with E-state index in [4.69, 9.17) is 4.74 Å². The molecule has 0 bridgehead atoms. The Morgan fingerprint density at radius 2 is 1.97 bits per heavy atom. The van der Waals surface area contributed by atoms with Gasteiger partial charge in [-0.25, -0.2) is 0 Å². The zero-order valence-corrected chi connectivity index (χ0v) is 18.0. The number of thioether (sulfide) groups is 1. The smallest absolute Gasteiger partial charge is 0.264 e. The molecule has 2 aromatic rings. The summed E-state index contributed by atoms with van der Waals surface area (Å²) in [5.41, 5.74) is 1.50. The van der Waals surface area contributed by atoms with Crippen LogP contribution in [0.3, 0.4) is 0 Å². The van der Waals surface area contributed by atoms with Gasteiger partial charge in [0, 0.05) is 12.2 Å². The number of rotatable bonds is 8. The molecule has 1 saturated heterocycles.